The number of carbonyl (C=O) groups is 1. The highest BCUT2D eigenvalue weighted by Crippen LogP contribution is 2.49. The lowest BCUT2D eigenvalue weighted by Crippen LogP contribution is -2.42. The molecule has 2 aliphatic rings. The number of ether oxygens (including phenoxy) is 1. The van der Waals surface area contributed by atoms with Crippen molar-refractivity contribution in [2.75, 3.05) is 6.61 Å². The fraction of sp³-hybridized carbons (Fsp3) is 0.348. The molecule has 2 aromatic carbocycles. The zero-order chi connectivity index (χ0) is 25.4. The zero-order valence-corrected chi connectivity index (χ0v) is 20.1. The van der Waals surface area contributed by atoms with E-state index < -0.39 is 30.3 Å². The van der Waals surface area contributed by atoms with Gasteiger partial charge in [-0.3, -0.25) is 4.79 Å². The molecule has 12 heteroatoms. The summed E-state index contributed by atoms with van der Waals surface area (Å²) >= 11 is 11.9. The fourth-order valence-corrected chi connectivity index (χ4v) is 4.38. The van der Waals surface area contributed by atoms with Crippen LogP contribution in [0.2, 0.25) is 10.0 Å². The predicted octanol–water partition coefficient (Wildman–Crippen LogP) is 5.71. The number of carbonyl (C=O) groups excluding carboxylic acids is 1. The highest BCUT2D eigenvalue weighted by Gasteiger charge is 2.62. The van der Waals surface area contributed by atoms with Crippen molar-refractivity contribution in [2.24, 2.45) is 10.3 Å². The van der Waals surface area contributed by atoms with E-state index in [0.717, 1.165) is 12.1 Å². The molecule has 0 saturated carbocycles. The number of nitrogens with one attached hydrogen (secondary N) is 1. The van der Waals surface area contributed by atoms with E-state index in [1.807, 2.05) is 6.92 Å². The molecular formula is C23H20Cl2F3N3O4. The monoisotopic (exact) mass is 529 g/mol. The van der Waals surface area contributed by atoms with Gasteiger partial charge in [0.25, 0.3) is 11.5 Å². The van der Waals surface area contributed by atoms with Crippen molar-refractivity contribution in [3.8, 4) is 0 Å². The number of amides is 1. The van der Waals surface area contributed by atoms with Crippen molar-refractivity contribution >= 4 is 40.7 Å². The third kappa shape index (κ3) is 5.04. The van der Waals surface area contributed by atoms with Crippen molar-refractivity contribution in [3.05, 3.63) is 68.7 Å². The number of benzene rings is 2. The van der Waals surface area contributed by atoms with Gasteiger partial charge in [-0.15, -0.1) is 0 Å². The van der Waals surface area contributed by atoms with Crippen LogP contribution in [0.15, 0.2) is 46.7 Å². The standard InChI is InChI=1S/C23H20Cl2F3N3O4/c1-3-33-20-10-19(34-31-20)29-21(32)17-5-4-13(6-12(17)2)18-11-22(35-30-18,23(26,27)28)14-7-15(24)9-16(25)8-14/h4-9,19H,3,10-11H2,1-2H3,(H,29,32)/t19-,22-/m0/s1. The third-order valence-corrected chi connectivity index (χ3v) is 6.00. The summed E-state index contributed by atoms with van der Waals surface area (Å²) in [4.78, 5) is 22.9. The summed E-state index contributed by atoms with van der Waals surface area (Å²) < 4.78 is 47.9. The number of oxime groups is 2. The SMILES string of the molecule is CCOC1=NO[C@H](NC(=O)c2ccc(C3=NO[C@@](c4cc(Cl)cc(Cl)c4)(C(F)(F)F)C3)cc2C)C1. The Labute approximate surface area is 208 Å². The maximum absolute atomic E-state index is 14.2. The maximum Gasteiger partial charge on any atom is 0.435 e. The van der Waals surface area contributed by atoms with Crippen molar-refractivity contribution in [2.45, 2.75) is 44.7 Å². The van der Waals surface area contributed by atoms with Crippen molar-refractivity contribution in [1.29, 1.82) is 0 Å². The van der Waals surface area contributed by atoms with Crippen LogP contribution in [0.3, 0.4) is 0 Å². The lowest BCUT2D eigenvalue weighted by molar-refractivity contribution is -0.275. The van der Waals surface area contributed by atoms with Crippen LogP contribution < -0.4 is 5.32 Å². The molecule has 2 aromatic rings. The highest BCUT2D eigenvalue weighted by molar-refractivity contribution is 6.34. The Hall–Kier alpha value is -2.98. The molecule has 0 bridgehead atoms. The molecular weight excluding hydrogens is 510 g/mol. The predicted molar refractivity (Wildman–Crippen MR) is 124 cm³/mol. The molecule has 7 nitrogen and oxygen atoms in total. The van der Waals surface area contributed by atoms with Crippen molar-refractivity contribution in [1.82, 2.24) is 5.32 Å². The van der Waals surface area contributed by atoms with E-state index in [4.69, 9.17) is 37.6 Å². The summed E-state index contributed by atoms with van der Waals surface area (Å²) in [6, 6.07) is 8.24. The van der Waals surface area contributed by atoms with E-state index in [2.05, 4.69) is 15.6 Å². The number of halogens is 5. The van der Waals surface area contributed by atoms with Gasteiger partial charge in [-0.1, -0.05) is 34.4 Å². The van der Waals surface area contributed by atoms with E-state index in [-0.39, 0.29) is 27.7 Å². The van der Waals surface area contributed by atoms with E-state index >= 15 is 0 Å². The zero-order valence-electron chi connectivity index (χ0n) is 18.6. The minimum atomic E-state index is -4.80. The molecule has 0 saturated heterocycles. The number of hydrogen-bond acceptors (Lipinski definition) is 6. The number of rotatable bonds is 5. The number of aryl methyl sites for hydroxylation is 1. The Balaban J connectivity index is 1.52. The molecule has 0 aliphatic carbocycles. The number of hydrogen-bond donors (Lipinski definition) is 1. The Kier molecular flexibility index (Phi) is 6.88. The van der Waals surface area contributed by atoms with Crippen molar-refractivity contribution < 1.29 is 32.4 Å². The molecule has 1 amide bonds. The fourth-order valence-electron chi connectivity index (χ4n) is 3.85. The highest BCUT2D eigenvalue weighted by atomic mass is 35.5. The maximum atomic E-state index is 14.2. The van der Waals surface area contributed by atoms with Crippen LogP contribution >= 0.6 is 23.2 Å². The summed E-state index contributed by atoms with van der Waals surface area (Å²) in [6.07, 6.45) is -5.78. The summed E-state index contributed by atoms with van der Waals surface area (Å²) in [7, 11) is 0. The minimum Gasteiger partial charge on any atom is -0.479 e. The smallest absolute Gasteiger partial charge is 0.435 e. The molecule has 186 valence electrons. The van der Waals surface area contributed by atoms with E-state index in [1.54, 1.807) is 13.0 Å². The Morgan fingerprint density at radius 3 is 2.54 bits per heavy atom. The molecule has 4 rings (SSSR count). The second-order valence-corrected chi connectivity index (χ2v) is 8.88. The van der Waals surface area contributed by atoms with Gasteiger partial charge >= 0.3 is 6.18 Å². The normalized spacial score (nSPS) is 21.6. The Morgan fingerprint density at radius 1 is 1.20 bits per heavy atom. The quantitative estimate of drug-likeness (QED) is 0.537. The molecule has 0 spiro atoms. The lowest BCUT2D eigenvalue weighted by Gasteiger charge is -2.29. The average Bonchev–Trinajstić information content (AvgIpc) is 3.41. The van der Waals surface area contributed by atoms with Crippen LogP contribution in [-0.4, -0.2) is 36.5 Å². The summed E-state index contributed by atoms with van der Waals surface area (Å²) in [5.74, 6) is -0.0342. The van der Waals surface area contributed by atoms with Gasteiger partial charge in [0.05, 0.1) is 18.7 Å². The third-order valence-electron chi connectivity index (χ3n) is 5.56. The van der Waals surface area contributed by atoms with Gasteiger partial charge in [0.15, 0.2) is 0 Å². The van der Waals surface area contributed by atoms with E-state index in [0.29, 0.717) is 29.2 Å². The first-order valence-corrected chi connectivity index (χ1v) is 11.3. The van der Waals surface area contributed by atoms with Gasteiger partial charge in [-0.25, -0.2) is 0 Å². The van der Waals surface area contributed by atoms with Gasteiger partial charge in [0.1, 0.15) is 0 Å². The van der Waals surface area contributed by atoms with E-state index in [9.17, 15) is 18.0 Å². The topological polar surface area (TPSA) is 81.5 Å². The first kappa shape index (κ1) is 25.1. The summed E-state index contributed by atoms with van der Waals surface area (Å²) in [6.45, 7) is 3.90. The molecule has 2 atom stereocenters. The van der Waals surface area contributed by atoms with Crippen molar-refractivity contribution in [3.63, 3.8) is 0 Å². The number of alkyl halides is 3. The molecule has 1 N–H and O–H groups in total. The molecule has 0 radical (unpaired) electrons. The van der Waals surface area contributed by atoms with Gasteiger partial charge in [-0.2, -0.15) is 13.2 Å². The van der Waals surface area contributed by atoms with Crippen LogP contribution in [0.25, 0.3) is 0 Å². The first-order chi connectivity index (χ1) is 16.5. The van der Waals surface area contributed by atoms with Gasteiger partial charge in [0, 0.05) is 27.6 Å². The van der Waals surface area contributed by atoms with Crippen LogP contribution in [0.5, 0.6) is 0 Å². The Morgan fingerprint density at radius 2 is 1.91 bits per heavy atom. The molecule has 0 aromatic heterocycles. The molecule has 0 fully saturated rings. The van der Waals surface area contributed by atoms with E-state index in [1.165, 1.54) is 18.2 Å². The average molecular weight is 530 g/mol. The van der Waals surface area contributed by atoms with Crippen LogP contribution in [0, 0.1) is 6.92 Å². The molecule has 2 aliphatic heterocycles. The van der Waals surface area contributed by atoms with Crippen LogP contribution in [0.4, 0.5) is 13.2 Å². The van der Waals surface area contributed by atoms with Crippen LogP contribution in [-0.2, 0) is 20.0 Å². The van der Waals surface area contributed by atoms with Gasteiger partial charge < -0.3 is 19.7 Å². The first-order valence-electron chi connectivity index (χ1n) is 10.6. The Bertz CT molecular complexity index is 1200. The summed E-state index contributed by atoms with van der Waals surface area (Å²) in [5.41, 5.74) is -1.68. The van der Waals surface area contributed by atoms with Gasteiger partial charge in [0.2, 0.25) is 12.1 Å². The second-order valence-electron chi connectivity index (χ2n) is 8.01. The molecule has 0 unspecified atom stereocenters. The molecule has 2 heterocycles. The largest absolute Gasteiger partial charge is 0.479 e. The number of nitrogens with zero attached hydrogens (tertiary/aromatic N) is 2. The summed E-state index contributed by atoms with van der Waals surface area (Å²) in [5, 5.41) is 10.3. The second kappa shape index (κ2) is 9.58. The van der Waals surface area contributed by atoms with Gasteiger partial charge in [-0.05, 0) is 60.5 Å². The lowest BCUT2D eigenvalue weighted by atomic mass is 9.86. The van der Waals surface area contributed by atoms with Crippen LogP contribution in [0.1, 0.15) is 46.8 Å². The minimum absolute atomic E-state index is 0.0457. The molecule has 35 heavy (non-hydrogen) atoms.